The first-order chi connectivity index (χ1) is 30.7. The lowest BCUT2D eigenvalue weighted by Crippen LogP contribution is -2.01. The zero-order valence-electron chi connectivity index (χ0n) is 33.4. The number of hydrogen-bond acceptors (Lipinski definition) is 5. The molecule has 0 spiro atoms. The first kappa shape index (κ1) is 35.5. The number of fused-ring (bicyclic) bond motifs is 6. The van der Waals surface area contributed by atoms with Crippen molar-refractivity contribution in [1.29, 1.82) is 0 Å². The Kier molecular flexibility index (Phi) is 8.42. The molecule has 0 saturated heterocycles. The summed E-state index contributed by atoms with van der Waals surface area (Å²) in [5.74, 6) is 1.69. The maximum Gasteiger partial charge on any atom is 0.164 e. The summed E-state index contributed by atoms with van der Waals surface area (Å²) < 4.78 is 13.2. The molecule has 62 heavy (non-hydrogen) atoms. The number of para-hydroxylation sites is 3. The highest BCUT2D eigenvalue weighted by atomic mass is 16.3. The highest BCUT2D eigenvalue weighted by Gasteiger charge is 2.19. The highest BCUT2D eigenvalue weighted by Crippen LogP contribution is 2.41. The fraction of sp³-hybridized carbons (Fsp3) is 0. The zero-order valence-corrected chi connectivity index (χ0v) is 33.4. The van der Waals surface area contributed by atoms with Crippen molar-refractivity contribution in [3.63, 3.8) is 0 Å². The van der Waals surface area contributed by atoms with Crippen molar-refractivity contribution in [2.45, 2.75) is 0 Å². The summed E-state index contributed by atoms with van der Waals surface area (Å²) in [6.07, 6.45) is 0. The summed E-state index contributed by atoms with van der Waals surface area (Å²) in [6.45, 7) is 0. The fourth-order valence-corrected chi connectivity index (χ4v) is 8.70. The average Bonchev–Trinajstić information content (AvgIpc) is 3.93. The van der Waals surface area contributed by atoms with E-state index in [1.54, 1.807) is 0 Å². The second kappa shape index (κ2) is 14.7. The zero-order chi connectivity index (χ0) is 41.0. The van der Waals surface area contributed by atoms with Crippen LogP contribution in [0.25, 0.3) is 123 Å². The third-order valence-electron chi connectivity index (χ3n) is 11.7. The van der Waals surface area contributed by atoms with Gasteiger partial charge in [0, 0.05) is 49.4 Å². The summed E-state index contributed by atoms with van der Waals surface area (Å²) in [7, 11) is 0. The molecular formula is C57H35N3O2. The molecule has 290 valence electrons. The van der Waals surface area contributed by atoms with Gasteiger partial charge in [-0.05, 0) is 75.8 Å². The molecule has 0 aliphatic rings. The van der Waals surface area contributed by atoms with E-state index >= 15 is 0 Å². The molecule has 0 atom stereocenters. The fourth-order valence-electron chi connectivity index (χ4n) is 8.70. The molecule has 0 unspecified atom stereocenters. The second-order valence-electron chi connectivity index (χ2n) is 15.6. The Balaban J connectivity index is 1.04. The Morgan fingerprint density at radius 3 is 1.32 bits per heavy atom. The molecule has 0 fully saturated rings. The SMILES string of the molecule is c1ccc(-c2cc(-c3ccccc3)cc(-c3nc(-c4cccc(-c5cccc6c5oc5c(-c7ccccc7)cccc56)c4)nc(-c4ccc5c(c4)oc4ccccc45)n3)c2)cc1. The normalized spacial score (nSPS) is 11.5. The summed E-state index contributed by atoms with van der Waals surface area (Å²) >= 11 is 0. The molecule has 3 heterocycles. The van der Waals surface area contributed by atoms with Crippen LogP contribution in [0, 0.1) is 0 Å². The van der Waals surface area contributed by atoms with Crippen molar-refractivity contribution in [2.24, 2.45) is 0 Å². The number of aromatic nitrogens is 3. The molecule has 3 aromatic heterocycles. The van der Waals surface area contributed by atoms with Crippen LogP contribution in [0.4, 0.5) is 0 Å². The van der Waals surface area contributed by atoms with Gasteiger partial charge in [0.25, 0.3) is 0 Å². The van der Waals surface area contributed by atoms with E-state index in [9.17, 15) is 0 Å². The van der Waals surface area contributed by atoms with E-state index in [2.05, 4.69) is 170 Å². The molecule has 0 saturated carbocycles. The minimum absolute atomic E-state index is 0.553. The Labute approximate surface area is 357 Å². The maximum atomic E-state index is 6.83. The number of benzene rings is 9. The quantitative estimate of drug-likeness (QED) is 0.161. The van der Waals surface area contributed by atoms with Gasteiger partial charge in [0.15, 0.2) is 17.5 Å². The van der Waals surface area contributed by atoms with Crippen LogP contribution in [-0.2, 0) is 0 Å². The Morgan fingerprint density at radius 1 is 0.242 bits per heavy atom. The van der Waals surface area contributed by atoms with Gasteiger partial charge in [-0.3, -0.25) is 0 Å². The topological polar surface area (TPSA) is 65.0 Å². The smallest absolute Gasteiger partial charge is 0.164 e. The van der Waals surface area contributed by atoms with E-state index in [-0.39, 0.29) is 0 Å². The molecule has 0 aliphatic carbocycles. The minimum Gasteiger partial charge on any atom is -0.456 e. The van der Waals surface area contributed by atoms with Gasteiger partial charge in [-0.2, -0.15) is 0 Å². The number of hydrogen-bond donors (Lipinski definition) is 0. The van der Waals surface area contributed by atoms with Crippen molar-refractivity contribution >= 4 is 43.9 Å². The molecular weight excluding hydrogens is 759 g/mol. The van der Waals surface area contributed by atoms with E-state index in [0.29, 0.717) is 17.5 Å². The second-order valence-corrected chi connectivity index (χ2v) is 15.6. The highest BCUT2D eigenvalue weighted by molar-refractivity contribution is 6.13. The molecule has 5 heteroatoms. The summed E-state index contributed by atoms with van der Waals surface area (Å²) in [4.78, 5) is 15.7. The lowest BCUT2D eigenvalue weighted by molar-refractivity contribution is 0.669. The largest absolute Gasteiger partial charge is 0.456 e. The molecule has 0 amide bonds. The predicted molar refractivity (Wildman–Crippen MR) is 252 cm³/mol. The first-order valence-corrected chi connectivity index (χ1v) is 20.7. The molecule has 0 radical (unpaired) electrons. The van der Waals surface area contributed by atoms with Gasteiger partial charge in [-0.1, -0.05) is 170 Å². The van der Waals surface area contributed by atoms with Gasteiger partial charge >= 0.3 is 0 Å². The van der Waals surface area contributed by atoms with E-state index in [1.807, 2.05) is 42.5 Å². The third kappa shape index (κ3) is 6.23. The molecule has 0 N–H and O–H groups in total. The number of rotatable bonds is 7. The maximum absolute atomic E-state index is 6.83. The summed E-state index contributed by atoms with van der Waals surface area (Å²) in [5, 5.41) is 4.27. The molecule has 5 nitrogen and oxygen atoms in total. The molecule has 9 aromatic carbocycles. The molecule has 12 aromatic rings. The van der Waals surface area contributed by atoms with Crippen molar-refractivity contribution in [1.82, 2.24) is 15.0 Å². The Hall–Kier alpha value is -8.41. The van der Waals surface area contributed by atoms with Gasteiger partial charge in [0.05, 0.1) is 0 Å². The van der Waals surface area contributed by atoms with Crippen molar-refractivity contribution in [2.75, 3.05) is 0 Å². The Morgan fingerprint density at radius 2 is 0.677 bits per heavy atom. The van der Waals surface area contributed by atoms with Crippen LogP contribution in [0.15, 0.2) is 221 Å². The van der Waals surface area contributed by atoms with Crippen LogP contribution < -0.4 is 0 Å². The van der Waals surface area contributed by atoms with Gasteiger partial charge in [-0.15, -0.1) is 0 Å². The van der Waals surface area contributed by atoms with E-state index in [4.69, 9.17) is 23.8 Å². The molecule has 0 bridgehead atoms. The van der Waals surface area contributed by atoms with Crippen LogP contribution in [0.1, 0.15) is 0 Å². The van der Waals surface area contributed by atoms with Crippen molar-refractivity contribution in [3.8, 4) is 78.7 Å². The standard InChI is InChI=1S/C57H35N3O2/c1-4-15-36(16-5-1)42-32-43(37-17-6-2-7-18-37)34-44(33-42)57-59-55(58-56(60-57)41-29-30-48-47-23-10-11-28-51(47)61-52(48)35-41)40-22-12-21-39(31-40)46-25-14-27-50-49-26-13-24-45(53(49)62-54(46)50)38-19-8-3-9-20-38/h1-35H. The summed E-state index contributed by atoms with van der Waals surface area (Å²) in [5.41, 5.74) is 14.5. The van der Waals surface area contributed by atoms with Crippen LogP contribution in [0.5, 0.6) is 0 Å². The molecule has 0 aliphatic heterocycles. The average molecular weight is 794 g/mol. The lowest BCUT2D eigenvalue weighted by atomic mass is 9.96. The van der Waals surface area contributed by atoms with Crippen LogP contribution >= 0.6 is 0 Å². The van der Waals surface area contributed by atoms with E-state index < -0.39 is 0 Å². The lowest BCUT2D eigenvalue weighted by Gasteiger charge is -2.13. The number of nitrogens with zero attached hydrogens (tertiary/aromatic N) is 3. The summed E-state index contributed by atoms with van der Waals surface area (Å²) in [6, 6.07) is 73.4. The van der Waals surface area contributed by atoms with Gasteiger partial charge in [0.2, 0.25) is 0 Å². The van der Waals surface area contributed by atoms with E-state index in [1.165, 1.54) is 0 Å². The first-order valence-electron chi connectivity index (χ1n) is 20.7. The van der Waals surface area contributed by atoms with Gasteiger partial charge in [-0.25, -0.2) is 15.0 Å². The molecule has 12 rings (SSSR count). The van der Waals surface area contributed by atoms with Gasteiger partial charge < -0.3 is 8.83 Å². The van der Waals surface area contributed by atoms with E-state index in [0.717, 1.165) is 105 Å². The monoisotopic (exact) mass is 793 g/mol. The van der Waals surface area contributed by atoms with Crippen LogP contribution in [0.2, 0.25) is 0 Å². The Bertz CT molecular complexity index is 3570. The third-order valence-corrected chi connectivity index (χ3v) is 11.7. The van der Waals surface area contributed by atoms with Crippen molar-refractivity contribution in [3.05, 3.63) is 212 Å². The number of furan rings is 2. The predicted octanol–water partition coefficient (Wildman–Crippen LogP) is 15.3. The van der Waals surface area contributed by atoms with Gasteiger partial charge in [0.1, 0.15) is 22.3 Å². The van der Waals surface area contributed by atoms with Crippen molar-refractivity contribution < 1.29 is 8.83 Å². The van der Waals surface area contributed by atoms with Crippen LogP contribution in [-0.4, -0.2) is 15.0 Å². The van der Waals surface area contributed by atoms with Crippen LogP contribution in [0.3, 0.4) is 0 Å². The minimum atomic E-state index is 0.553.